The Morgan fingerprint density at radius 3 is 2.70 bits per heavy atom. The van der Waals surface area contributed by atoms with Gasteiger partial charge in [-0.05, 0) is 61.6 Å². The van der Waals surface area contributed by atoms with Gasteiger partial charge in [-0.25, -0.2) is 8.42 Å². The van der Waals surface area contributed by atoms with Crippen molar-refractivity contribution in [2.45, 2.75) is 44.4 Å². The van der Waals surface area contributed by atoms with Crippen molar-refractivity contribution >= 4 is 15.7 Å². The Morgan fingerprint density at radius 2 is 2.09 bits per heavy atom. The van der Waals surface area contributed by atoms with E-state index in [1.807, 2.05) is 0 Å². The van der Waals surface area contributed by atoms with E-state index in [2.05, 4.69) is 12.2 Å². The van der Waals surface area contributed by atoms with E-state index in [0.29, 0.717) is 17.0 Å². The van der Waals surface area contributed by atoms with Crippen molar-refractivity contribution < 1.29 is 13.2 Å². The molecule has 0 saturated heterocycles. The molecule has 2 fully saturated rings. The second-order valence-corrected chi connectivity index (χ2v) is 9.51. The second-order valence-electron chi connectivity index (χ2n) is 7.37. The van der Waals surface area contributed by atoms with Crippen molar-refractivity contribution in [3.8, 4) is 0 Å². The lowest BCUT2D eigenvalue weighted by atomic mass is 9.84. The summed E-state index contributed by atoms with van der Waals surface area (Å²) in [4.78, 5) is 12.5. The average molecular weight is 335 g/mol. The third-order valence-corrected chi connectivity index (χ3v) is 6.27. The molecule has 5 heteroatoms. The molecule has 2 aliphatic rings. The van der Waals surface area contributed by atoms with Gasteiger partial charge in [-0.2, -0.15) is 0 Å². The Kier molecular flexibility index (Phi) is 4.50. The molecule has 0 aliphatic heterocycles. The molecule has 2 aliphatic carbocycles. The van der Waals surface area contributed by atoms with Gasteiger partial charge >= 0.3 is 0 Å². The fraction of sp³-hybridized carbons (Fsp3) is 0.611. The first-order valence-corrected chi connectivity index (χ1v) is 10.5. The molecular weight excluding hydrogens is 310 g/mol. The standard InChI is InChI=1S/C18H25NO3S/c1-12(17-10-13-6-7-15(17)8-13)19-18(20)16-5-3-4-14(9-16)11-23(2,21)22/h3-5,9,12-13,15,17H,6-8,10-11H2,1-2H3,(H,19,20). The predicted molar refractivity (Wildman–Crippen MR) is 90.9 cm³/mol. The van der Waals surface area contributed by atoms with Crippen LogP contribution in [-0.4, -0.2) is 26.6 Å². The minimum absolute atomic E-state index is 0.0317. The maximum Gasteiger partial charge on any atom is 0.251 e. The molecule has 1 aromatic rings. The monoisotopic (exact) mass is 335 g/mol. The molecule has 2 saturated carbocycles. The lowest BCUT2D eigenvalue weighted by Gasteiger charge is -2.28. The Hall–Kier alpha value is -1.36. The molecule has 4 nitrogen and oxygen atoms in total. The molecule has 1 N–H and O–H groups in total. The third kappa shape index (κ3) is 3.94. The molecule has 0 heterocycles. The summed E-state index contributed by atoms with van der Waals surface area (Å²) in [6, 6.07) is 7.10. The van der Waals surface area contributed by atoms with Crippen LogP contribution in [0.3, 0.4) is 0 Å². The van der Waals surface area contributed by atoms with Gasteiger partial charge in [0, 0.05) is 17.9 Å². The van der Waals surface area contributed by atoms with Crippen LogP contribution in [0.1, 0.15) is 48.5 Å². The van der Waals surface area contributed by atoms with E-state index >= 15 is 0 Å². The van der Waals surface area contributed by atoms with Crippen molar-refractivity contribution in [3.05, 3.63) is 35.4 Å². The predicted octanol–water partition coefficient (Wildman–Crippen LogP) is 2.79. The van der Waals surface area contributed by atoms with E-state index in [4.69, 9.17) is 0 Å². The summed E-state index contributed by atoms with van der Waals surface area (Å²) >= 11 is 0. The van der Waals surface area contributed by atoms with Gasteiger partial charge in [0.1, 0.15) is 0 Å². The fourth-order valence-corrected chi connectivity index (χ4v) is 5.19. The Labute approximate surface area is 138 Å². The van der Waals surface area contributed by atoms with E-state index in [0.717, 1.165) is 11.8 Å². The van der Waals surface area contributed by atoms with Gasteiger partial charge in [-0.1, -0.05) is 18.6 Å². The third-order valence-electron chi connectivity index (χ3n) is 5.41. The second kappa shape index (κ2) is 6.27. The molecule has 4 unspecified atom stereocenters. The molecule has 0 aromatic heterocycles. The summed E-state index contributed by atoms with van der Waals surface area (Å²) in [6.45, 7) is 2.10. The van der Waals surface area contributed by atoms with Gasteiger partial charge in [0.15, 0.2) is 9.84 Å². The maximum atomic E-state index is 12.5. The first kappa shape index (κ1) is 16.5. The van der Waals surface area contributed by atoms with Crippen LogP contribution in [0.25, 0.3) is 0 Å². The summed E-state index contributed by atoms with van der Waals surface area (Å²) in [5.74, 6) is 2.10. The van der Waals surface area contributed by atoms with Crippen LogP contribution in [-0.2, 0) is 15.6 Å². The van der Waals surface area contributed by atoms with Crippen LogP contribution in [0.5, 0.6) is 0 Å². The number of fused-ring (bicyclic) bond motifs is 2. The van der Waals surface area contributed by atoms with Crippen molar-refractivity contribution in [3.63, 3.8) is 0 Å². The highest BCUT2D eigenvalue weighted by atomic mass is 32.2. The van der Waals surface area contributed by atoms with Crippen molar-refractivity contribution in [1.82, 2.24) is 5.32 Å². The highest BCUT2D eigenvalue weighted by molar-refractivity contribution is 7.89. The first-order chi connectivity index (χ1) is 10.8. The Morgan fingerprint density at radius 1 is 1.30 bits per heavy atom. The average Bonchev–Trinajstić information content (AvgIpc) is 3.08. The zero-order valence-electron chi connectivity index (χ0n) is 13.8. The summed E-state index contributed by atoms with van der Waals surface area (Å²) in [5, 5.41) is 3.12. The normalized spacial score (nSPS) is 27.8. The van der Waals surface area contributed by atoms with E-state index in [9.17, 15) is 13.2 Å². The smallest absolute Gasteiger partial charge is 0.251 e. The van der Waals surface area contributed by atoms with E-state index in [1.54, 1.807) is 24.3 Å². The topological polar surface area (TPSA) is 63.2 Å². The highest BCUT2D eigenvalue weighted by Gasteiger charge is 2.42. The summed E-state index contributed by atoms with van der Waals surface area (Å²) < 4.78 is 22.8. The number of amides is 1. The zero-order valence-corrected chi connectivity index (χ0v) is 14.6. The minimum Gasteiger partial charge on any atom is -0.349 e. The minimum atomic E-state index is -3.09. The number of hydrogen-bond acceptors (Lipinski definition) is 3. The number of sulfone groups is 1. The Balaban J connectivity index is 1.65. The largest absolute Gasteiger partial charge is 0.349 e. The number of carbonyl (C=O) groups is 1. The maximum absolute atomic E-state index is 12.5. The molecule has 126 valence electrons. The lowest BCUT2D eigenvalue weighted by molar-refractivity contribution is 0.0915. The molecular formula is C18H25NO3S. The SMILES string of the molecule is CC(NC(=O)c1cccc(CS(C)(=O)=O)c1)C1CC2CCC1C2. The number of hydrogen-bond donors (Lipinski definition) is 1. The highest BCUT2D eigenvalue weighted by Crippen LogP contribution is 2.49. The van der Waals surface area contributed by atoms with Crippen molar-refractivity contribution in [1.29, 1.82) is 0 Å². The molecule has 4 atom stereocenters. The molecule has 0 spiro atoms. The summed E-state index contributed by atoms with van der Waals surface area (Å²) in [5.41, 5.74) is 1.20. The number of rotatable bonds is 5. The summed E-state index contributed by atoms with van der Waals surface area (Å²) in [7, 11) is -3.09. The Bertz CT molecular complexity index is 698. The first-order valence-electron chi connectivity index (χ1n) is 8.39. The van der Waals surface area contributed by atoms with Crippen LogP contribution >= 0.6 is 0 Å². The van der Waals surface area contributed by atoms with Crippen LogP contribution in [0.4, 0.5) is 0 Å². The van der Waals surface area contributed by atoms with Gasteiger partial charge < -0.3 is 5.32 Å². The van der Waals surface area contributed by atoms with Gasteiger partial charge in [0.05, 0.1) is 5.75 Å². The quantitative estimate of drug-likeness (QED) is 0.900. The molecule has 3 rings (SSSR count). The van der Waals surface area contributed by atoms with Crippen LogP contribution in [0.2, 0.25) is 0 Å². The van der Waals surface area contributed by atoms with Crippen molar-refractivity contribution in [2.75, 3.05) is 6.26 Å². The van der Waals surface area contributed by atoms with Crippen LogP contribution < -0.4 is 5.32 Å². The van der Waals surface area contributed by atoms with Gasteiger partial charge in [-0.3, -0.25) is 4.79 Å². The zero-order chi connectivity index (χ0) is 16.6. The molecule has 0 radical (unpaired) electrons. The van der Waals surface area contributed by atoms with Crippen LogP contribution in [0.15, 0.2) is 24.3 Å². The molecule has 23 heavy (non-hydrogen) atoms. The fourth-order valence-electron chi connectivity index (χ4n) is 4.41. The van der Waals surface area contributed by atoms with Gasteiger partial charge in [0.25, 0.3) is 5.91 Å². The van der Waals surface area contributed by atoms with Crippen LogP contribution in [0, 0.1) is 17.8 Å². The van der Waals surface area contributed by atoms with E-state index in [-0.39, 0.29) is 17.7 Å². The van der Waals surface area contributed by atoms with Crippen molar-refractivity contribution in [2.24, 2.45) is 17.8 Å². The molecule has 1 amide bonds. The van der Waals surface area contributed by atoms with E-state index < -0.39 is 9.84 Å². The molecule has 2 bridgehead atoms. The summed E-state index contributed by atoms with van der Waals surface area (Å²) in [6.07, 6.45) is 6.43. The van der Waals surface area contributed by atoms with Gasteiger partial charge in [-0.15, -0.1) is 0 Å². The molecule has 1 aromatic carbocycles. The lowest BCUT2D eigenvalue weighted by Crippen LogP contribution is -2.40. The van der Waals surface area contributed by atoms with E-state index in [1.165, 1.54) is 31.9 Å². The number of nitrogens with one attached hydrogen (secondary N) is 1. The number of benzene rings is 1. The van der Waals surface area contributed by atoms with Gasteiger partial charge in [0.2, 0.25) is 0 Å². The number of carbonyl (C=O) groups excluding carboxylic acids is 1.